The van der Waals surface area contributed by atoms with E-state index in [-0.39, 0.29) is 36.7 Å². The van der Waals surface area contributed by atoms with E-state index in [4.69, 9.17) is 27.9 Å². The summed E-state index contributed by atoms with van der Waals surface area (Å²) in [5, 5.41) is 11.3. The molecule has 2 aliphatic rings. The zero-order valence-electron chi connectivity index (χ0n) is 16.4. The van der Waals surface area contributed by atoms with E-state index < -0.39 is 6.10 Å². The van der Waals surface area contributed by atoms with Gasteiger partial charge < -0.3 is 15.4 Å². The molecule has 2 atom stereocenters. The van der Waals surface area contributed by atoms with Gasteiger partial charge >= 0.3 is 0 Å². The first-order valence-electron chi connectivity index (χ1n) is 9.56. The predicted octanol–water partition coefficient (Wildman–Crippen LogP) is 3.10. The lowest BCUT2D eigenvalue weighted by Gasteiger charge is -2.26. The van der Waals surface area contributed by atoms with Crippen LogP contribution in [0.1, 0.15) is 34.0 Å². The molecular formula is C21H21Cl3N4O3. The minimum absolute atomic E-state index is 0. The minimum Gasteiger partial charge on any atom is -0.370 e. The monoisotopic (exact) mass is 482 g/mol. The van der Waals surface area contributed by atoms with Gasteiger partial charge in [0.1, 0.15) is 6.10 Å². The van der Waals surface area contributed by atoms with Gasteiger partial charge in [-0.15, -0.1) is 12.4 Å². The number of halogens is 3. The maximum absolute atomic E-state index is 13.2. The summed E-state index contributed by atoms with van der Waals surface area (Å²) >= 11 is 12.2. The van der Waals surface area contributed by atoms with Crippen molar-refractivity contribution >= 4 is 53.1 Å². The zero-order chi connectivity index (χ0) is 21.1. The summed E-state index contributed by atoms with van der Waals surface area (Å²) in [6.45, 7) is 1.70. The van der Waals surface area contributed by atoms with E-state index in [1.165, 1.54) is 0 Å². The van der Waals surface area contributed by atoms with Gasteiger partial charge in [0.25, 0.3) is 5.91 Å². The number of nitrogens with one attached hydrogen (secondary N) is 3. The molecule has 2 heterocycles. The summed E-state index contributed by atoms with van der Waals surface area (Å²) in [6.07, 6.45) is -0.248. The highest BCUT2D eigenvalue weighted by Gasteiger charge is 2.29. The molecule has 0 bridgehead atoms. The van der Waals surface area contributed by atoms with Crippen LogP contribution in [0.5, 0.6) is 0 Å². The Morgan fingerprint density at radius 3 is 2.71 bits per heavy atom. The van der Waals surface area contributed by atoms with Crippen molar-refractivity contribution in [1.82, 2.24) is 16.1 Å². The molecule has 2 aromatic rings. The maximum atomic E-state index is 13.2. The second-order valence-corrected chi connectivity index (χ2v) is 7.88. The molecule has 164 valence electrons. The number of hydrogen-bond acceptors (Lipinski definition) is 5. The van der Waals surface area contributed by atoms with Gasteiger partial charge in [0.2, 0.25) is 5.91 Å². The van der Waals surface area contributed by atoms with Gasteiger partial charge in [0.05, 0.1) is 34.8 Å². The molecule has 1 saturated heterocycles. The second-order valence-electron chi connectivity index (χ2n) is 7.06. The summed E-state index contributed by atoms with van der Waals surface area (Å²) in [6, 6.07) is 12.1. The van der Waals surface area contributed by atoms with E-state index in [2.05, 4.69) is 21.2 Å². The molecule has 0 saturated carbocycles. The van der Waals surface area contributed by atoms with Gasteiger partial charge in [-0.1, -0.05) is 47.5 Å². The molecule has 1 fully saturated rings. The predicted molar refractivity (Wildman–Crippen MR) is 122 cm³/mol. The molecule has 31 heavy (non-hydrogen) atoms. The molecule has 7 nitrogen and oxygen atoms in total. The van der Waals surface area contributed by atoms with Crippen LogP contribution in [0.2, 0.25) is 10.0 Å². The molecule has 10 heteroatoms. The molecule has 3 N–H and O–H groups in total. The average Bonchev–Trinajstić information content (AvgIpc) is 3.05. The Bertz CT molecular complexity index is 1020. The number of carbonyl (C=O) groups excluding carboxylic acids is 2. The van der Waals surface area contributed by atoms with Crippen molar-refractivity contribution in [2.75, 3.05) is 19.7 Å². The maximum Gasteiger partial charge on any atom is 0.252 e. The first-order chi connectivity index (χ1) is 14.5. The van der Waals surface area contributed by atoms with Crippen LogP contribution in [0.15, 0.2) is 47.6 Å². The number of ether oxygens (including phenoxy) is 1. The highest BCUT2D eigenvalue weighted by atomic mass is 35.5. The van der Waals surface area contributed by atoms with Crippen molar-refractivity contribution < 1.29 is 14.3 Å². The van der Waals surface area contributed by atoms with Crippen molar-refractivity contribution in [3.05, 3.63) is 69.2 Å². The number of amides is 2. The lowest BCUT2D eigenvalue weighted by Crippen LogP contribution is -2.45. The fraction of sp³-hybridized carbons (Fsp3) is 0.286. The van der Waals surface area contributed by atoms with E-state index in [9.17, 15) is 9.59 Å². The molecule has 0 spiro atoms. The first-order valence-corrected chi connectivity index (χ1v) is 10.3. The smallest absolute Gasteiger partial charge is 0.252 e. The molecule has 0 aliphatic carbocycles. The Kier molecular flexibility index (Phi) is 7.91. The van der Waals surface area contributed by atoms with Crippen molar-refractivity contribution in [1.29, 1.82) is 0 Å². The molecule has 0 aromatic heterocycles. The van der Waals surface area contributed by atoms with Crippen molar-refractivity contribution in [3.63, 3.8) is 0 Å². The highest BCUT2D eigenvalue weighted by molar-refractivity contribution is 6.42. The van der Waals surface area contributed by atoms with Crippen LogP contribution in [0.25, 0.3) is 0 Å². The van der Waals surface area contributed by atoms with Crippen LogP contribution in [0, 0.1) is 0 Å². The van der Waals surface area contributed by atoms with Crippen LogP contribution < -0.4 is 16.1 Å². The van der Waals surface area contributed by atoms with Crippen LogP contribution in [0.3, 0.4) is 0 Å². The normalized spacial score (nSPS) is 20.8. The van der Waals surface area contributed by atoms with E-state index in [0.29, 0.717) is 46.6 Å². The number of rotatable bonds is 4. The lowest BCUT2D eigenvalue weighted by molar-refractivity contribution is -0.119. The third-order valence-electron chi connectivity index (χ3n) is 5.02. The molecule has 0 unspecified atom stereocenters. The Balaban J connectivity index is 0.00000272. The summed E-state index contributed by atoms with van der Waals surface area (Å²) < 4.78 is 6.02. The lowest BCUT2D eigenvalue weighted by atomic mass is 9.98. The Hall–Kier alpha value is -2.16. The fourth-order valence-corrected chi connectivity index (χ4v) is 3.89. The van der Waals surface area contributed by atoms with Crippen LogP contribution >= 0.6 is 35.6 Å². The van der Waals surface area contributed by atoms with Gasteiger partial charge in [-0.2, -0.15) is 5.10 Å². The third kappa shape index (κ3) is 5.37. The van der Waals surface area contributed by atoms with Crippen LogP contribution in [-0.4, -0.2) is 43.3 Å². The standard InChI is InChI=1S/C21H20Cl2N4O3.ClH/c22-15-6-5-12(9-16(15)23)20-18(11-24-7-8-30-20)25-21(29)14-4-2-1-3-13(14)17-10-19(28)27-26-17;/h1-6,9,18,20,24H,7-8,10-11H2,(H,25,29)(H,27,28);1H/t18-,20+;/m1./s1. The molecule has 2 aliphatic heterocycles. The quantitative estimate of drug-likeness (QED) is 0.623. The van der Waals surface area contributed by atoms with Gasteiger partial charge in [-0.25, -0.2) is 5.43 Å². The Morgan fingerprint density at radius 1 is 1.16 bits per heavy atom. The molecule has 2 amide bonds. The summed E-state index contributed by atoms with van der Waals surface area (Å²) in [4.78, 5) is 24.7. The number of carbonyl (C=O) groups is 2. The number of benzene rings is 2. The number of hydrazone groups is 1. The van der Waals surface area contributed by atoms with Gasteiger partial charge in [0, 0.05) is 24.2 Å². The third-order valence-corrected chi connectivity index (χ3v) is 5.76. The van der Waals surface area contributed by atoms with Crippen LogP contribution in [0.4, 0.5) is 0 Å². The number of nitrogens with zero attached hydrogens (tertiary/aromatic N) is 1. The second kappa shape index (κ2) is 10.4. The van der Waals surface area contributed by atoms with Crippen molar-refractivity contribution in [3.8, 4) is 0 Å². The minimum atomic E-state index is -0.391. The molecule has 4 rings (SSSR count). The Morgan fingerprint density at radius 2 is 1.97 bits per heavy atom. The van der Waals surface area contributed by atoms with E-state index in [0.717, 1.165) is 5.56 Å². The van der Waals surface area contributed by atoms with Crippen molar-refractivity contribution in [2.45, 2.75) is 18.6 Å². The zero-order valence-corrected chi connectivity index (χ0v) is 18.7. The van der Waals surface area contributed by atoms with Gasteiger partial charge in [-0.3, -0.25) is 9.59 Å². The van der Waals surface area contributed by atoms with Crippen LogP contribution in [-0.2, 0) is 9.53 Å². The SMILES string of the molecule is Cl.O=C1CC(c2ccccc2C(=O)N[C@@H]2CNCCO[C@H]2c2ccc(Cl)c(Cl)c2)=NN1. The van der Waals surface area contributed by atoms with Gasteiger partial charge in [0.15, 0.2) is 0 Å². The fourth-order valence-electron chi connectivity index (χ4n) is 3.58. The molecule has 0 radical (unpaired) electrons. The Labute approximate surface area is 195 Å². The van der Waals surface area contributed by atoms with E-state index >= 15 is 0 Å². The van der Waals surface area contributed by atoms with E-state index in [1.807, 2.05) is 12.1 Å². The van der Waals surface area contributed by atoms with Crippen molar-refractivity contribution in [2.24, 2.45) is 5.10 Å². The van der Waals surface area contributed by atoms with E-state index in [1.54, 1.807) is 30.3 Å². The largest absolute Gasteiger partial charge is 0.370 e. The summed E-state index contributed by atoms with van der Waals surface area (Å²) in [5.74, 6) is -0.462. The van der Waals surface area contributed by atoms with Gasteiger partial charge in [-0.05, 0) is 23.8 Å². The summed E-state index contributed by atoms with van der Waals surface area (Å²) in [7, 11) is 0. The average molecular weight is 484 g/mol. The topological polar surface area (TPSA) is 91.8 Å². The first kappa shape index (κ1) is 23.5. The summed E-state index contributed by atoms with van der Waals surface area (Å²) in [5.41, 5.74) is 4.88. The molecule has 2 aromatic carbocycles. The highest BCUT2D eigenvalue weighted by Crippen LogP contribution is 2.29. The number of hydrogen-bond donors (Lipinski definition) is 3. The molecular weight excluding hydrogens is 463 g/mol.